The van der Waals surface area contributed by atoms with Gasteiger partial charge in [-0.3, -0.25) is 10.1 Å². The number of carbonyl (C=O) groups excluding carboxylic acids is 1. The molecule has 0 bridgehead atoms. The number of carbonyl (C=O) groups is 1. The van der Waals surface area contributed by atoms with Crippen LogP contribution in [0.3, 0.4) is 0 Å². The van der Waals surface area contributed by atoms with Crippen LogP contribution in [0, 0.1) is 0 Å². The number of amides is 1. The lowest BCUT2D eigenvalue weighted by Gasteiger charge is -2.12. The van der Waals surface area contributed by atoms with E-state index in [1.54, 1.807) is 6.07 Å². The minimum Gasteiger partial charge on any atom is -0.376 e. The van der Waals surface area contributed by atoms with Gasteiger partial charge in [0.1, 0.15) is 0 Å². The van der Waals surface area contributed by atoms with Gasteiger partial charge in [-0.2, -0.15) is 0 Å². The van der Waals surface area contributed by atoms with Crippen molar-refractivity contribution in [1.29, 1.82) is 0 Å². The molecule has 1 aromatic heterocycles. The standard InChI is InChI=1S/C15H19N3O2/c1-15(2,3)12-9-14(20-18-12)17-13(19)10-16-11-7-5-4-6-8-11/h4-9,16H,10H2,1-3H3,(H,17,19). The van der Waals surface area contributed by atoms with Gasteiger partial charge in [0.15, 0.2) is 0 Å². The van der Waals surface area contributed by atoms with Gasteiger partial charge in [0.2, 0.25) is 11.8 Å². The second kappa shape index (κ2) is 5.77. The predicted octanol–water partition coefficient (Wildman–Crippen LogP) is 3.02. The summed E-state index contributed by atoms with van der Waals surface area (Å²) in [4.78, 5) is 11.8. The number of anilines is 2. The van der Waals surface area contributed by atoms with Crippen molar-refractivity contribution in [1.82, 2.24) is 5.16 Å². The zero-order chi connectivity index (χ0) is 14.6. The molecule has 0 aliphatic carbocycles. The van der Waals surface area contributed by atoms with E-state index in [1.165, 1.54) is 0 Å². The molecule has 2 rings (SSSR count). The van der Waals surface area contributed by atoms with Crippen molar-refractivity contribution in [3.8, 4) is 0 Å². The van der Waals surface area contributed by atoms with E-state index in [2.05, 4.69) is 15.8 Å². The van der Waals surface area contributed by atoms with Gasteiger partial charge in [-0.25, -0.2) is 0 Å². The minimum absolute atomic E-state index is 0.102. The number of hydrogen-bond acceptors (Lipinski definition) is 4. The van der Waals surface area contributed by atoms with Crippen molar-refractivity contribution in [2.45, 2.75) is 26.2 Å². The third-order valence-electron chi connectivity index (χ3n) is 2.77. The quantitative estimate of drug-likeness (QED) is 0.898. The smallest absolute Gasteiger partial charge is 0.246 e. The molecule has 1 aromatic carbocycles. The summed E-state index contributed by atoms with van der Waals surface area (Å²) in [5.41, 5.74) is 1.61. The Morgan fingerprint density at radius 3 is 2.55 bits per heavy atom. The summed E-state index contributed by atoms with van der Waals surface area (Å²) in [5, 5.41) is 9.65. The molecule has 1 heterocycles. The fourth-order valence-corrected chi connectivity index (χ4v) is 1.61. The van der Waals surface area contributed by atoms with E-state index >= 15 is 0 Å². The maximum Gasteiger partial charge on any atom is 0.246 e. The molecule has 0 saturated carbocycles. The van der Waals surface area contributed by atoms with Gasteiger partial charge in [-0.1, -0.05) is 44.1 Å². The van der Waals surface area contributed by atoms with Gasteiger partial charge in [0.25, 0.3) is 0 Å². The maximum absolute atomic E-state index is 11.8. The van der Waals surface area contributed by atoms with Crippen LogP contribution in [0.15, 0.2) is 40.9 Å². The molecule has 2 aromatic rings. The lowest BCUT2D eigenvalue weighted by molar-refractivity contribution is -0.114. The Hall–Kier alpha value is -2.30. The van der Waals surface area contributed by atoms with Crippen LogP contribution in [0.25, 0.3) is 0 Å². The van der Waals surface area contributed by atoms with E-state index in [0.29, 0.717) is 5.88 Å². The molecule has 20 heavy (non-hydrogen) atoms. The van der Waals surface area contributed by atoms with Crippen LogP contribution in [0.5, 0.6) is 0 Å². The molecule has 0 fully saturated rings. The summed E-state index contributed by atoms with van der Waals surface area (Å²) in [5.74, 6) is 0.195. The van der Waals surface area contributed by atoms with Crippen LogP contribution in [0.1, 0.15) is 26.5 Å². The normalized spacial score (nSPS) is 11.2. The van der Waals surface area contributed by atoms with Gasteiger partial charge in [-0.15, -0.1) is 0 Å². The topological polar surface area (TPSA) is 67.2 Å². The summed E-state index contributed by atoms with van der Waals surface area (Å²) in [6.07, 6.45) is 0. The number of para-hydroxylation sites is 1. The molecule has 0 saturated heterocycles. The molecule has 0 unspecified atom stereocenters. The zero-order valence-corrected chi connectivity index (χ0v) is 11.9. The van der Waals surface area contributed by atoms with E-state index < -0.39 is 0 Å². The van der Waals surface area contributed by atoms with Crippen molar-refractivity contribution >= 4 is 17.5 Å². The number of rotatable bonds is 4. The van der Waals surface area contributed by atoms with Crippen LogP contribution >= 0.6 is 0 Å². The third-order valence-corrected chi connectivity index (χ3v) is 2.77. The minimum atomic E-state index is -0.175. The van der Waals surface area contributed by atoms with Gasteiger partial charge < -0.3 is 9.84 Å². The molecule has 1 amide bonds. The van der Waals surface area contributed by atoms with Crippen molar-refractivity contribution < 1.29 is 9.32 Å². The Bertz CT molecular complexity index is 570. The first-order chi connectivity index (χ1) is 9.45. The van der Waals surface area contributed by atoms with Gasteiger partial charge in [-0.05, 0) is 12.1 Å². The lowest BCUT2D eigenvalue weighted by atomic mass is 9.92. The van der Waals surface area contributed by atoms with Crippen LogP contribution in [-0.2, 0) is 10.2 Å². The number of aromatic nitrogens is 1. The fraction of sp³-hybridized carbons (Fsp3) is 0.333. The first kappa shape index (κ1) is 14.1. The Morgan fingerprint density at radius 1 is 1.25 bits per heavy atom. The maximum atomic E-state index is 11.8. The average molecular weight is 273 g/mol. The Labute approximate surface area is 118 Å². The largest absolute Gasteiger partial charge is 0.376 e. The first-order valence-electron chi connectivity index (χ1n) is 6.51. The molecule has 0 aliphatic heterocycles. The van der Waals surface area contributed by atoms with Gasteiger partial charge in [0.05, 0.1) is 12.2 Å². The Balaban J connectivity index is 1.87. The lowest BCUT2D eigenvalue weighted by Crippen LogP contribution is -2.21. The highest BCUT2D eigenvalue weighted by molar-refractivity contribution is 5.92. The molecule has 5 heteroatoms. The van der Waals surface area contributed by atoms with Gasteiger partial charge >= 0.3 is 0 Å². The summed E-state index contributed by atoms with van der Waals surface area (Å²) in [6, 6.07) is 11.3. The Morgan fingerprint density at radius 2 is 1.95 bits per heavy atom. The fourth-order valence-electron chi connectivity index (χ4n) is 1.61. The summed E-state index contributed by atoms with van der Waals surface area (Å²) >= 11 is 0. The zero-order valence-electron chi connectivity index (χ0n) is 11.9. The van der Waals surface area contributed by atoms with Crippen LogP contribution in [0.2, 0.25) is 0 Å². The third kappa shape index (κ3) is 3.85. The Kier molecular flexibility index (Phi) is 4.08. The van der Waals surface area contributed by atoms with Crippen molar-refractivity contribution in [3.63, 3.8) is 0 Å². The SMILES string of the molecule is CC(C)(C)c1cc(NC(=O)CNc2ccccc2)on1. The highest BCUT2D eigenvalue weighted by atomic mass is 16.5. The molecular weight excluding hydrogens is 254 g/mol. The molecule has 5 nitrogen and oxygen atoms in total. The molecule has 106 valence electrons. The molecular formula is C15H19N3O2. The molecule has 2 N–H and O–H groups in total. The predicted molar refractivity (Wildman–Crippen MR) is 78.8 cm³/mol. The van der Waals surface area contributed by atoms with Gasteiger partial charge in [0, 0.05) is 17.2 Å². The number of hydrogen-bond donors (Lipinski definition) is 2. The number of nitrogens with zero attached hydrogens (tertiary/aromatic N) is 1. The second-order valence-electron chi connectivity index (χ2n) is 5.59. The van der Waals surface area contributed by atoms with E-state index in [0.717, 1.165) is 11.4 Å². The molecule has 0 spiro atoms. The summed E-state index contributed by atoms with van der Waals surface area (Å²) in [6.45, 7) is 6.28. The van der Waals surface area contributed by atoms with Crippen LogP contribution in [0.4, 0.5) is 11.6 Å². The van der Waals surface area contributed by atoms with Crippen molar-refractivity contribution in [2.75, 3.05) is 17.2 Å². The van der Waals surface area contributed by atoms with E-state index in [4.69, 9.17) is 4.52 Å². The number of nitrogens with one attached hydrogen (secondary N) is 2. The van der Waals surface area contributed by atoms with Crippen LogP contribution in [-0.4, -0.2) is 17.6 Å². The van der Waals surface area contributed by atoms with E-state index in [-0.39, 0.29) is 17.9 Å². The first-order valence-corrected chi connectivity index (χ1v) is 6.51. The highest BCUT2D eigenvalue weighted by Crippen LogP contribution is 2.23. The van der Waals surface area contributed by atoms with E-state index in [1.807, 2.05) is 51.1 Å². The van der Waals surface area contributed by atoms with Crippen molar-refractivity contribution in [3.05, 3.63) is 42.1 Å². The monoisotopic (exact) mass is 273 g/mol. The molecule has 0 atom stereocenters. The second-order valence-corrected chi connectivity index (χ2v) is 5.59. The van der Waals surface area contributed by atoms with Crippen LogP contribution < -0.4 is 10.6 Å². The summed E-state index contributed by atoms with van der Waals surface area (Å²) < 4.78 is 5.10. The molecule has 0 aliphatic rings. The van der Waals surface area contributed by atoms with Crippen molar-refractivity contribution in [2.24, 2.45) is 0 Å². The molecule has 0 radical (unpaired) electrons. The highest BCUT2D eigenvalue weighted by Gasteiger charge is 2.19. The summed E-state index contributed by atoms with van der Waals surface area (Å²) in [7, 11) is 0. The number of benzene rings is 1. The average Bonchev–Trinajstić information content (AvgIpc) is 2.86. The van der Waals surface area contributed by atoms with E-state index in [9.17, 15) is 4.79 Å².